The first kappa shape index (κ1) is 14.4. The van der Waals surface area contributed by atoms with Crippen LogP contribution in [0.1, 0.15) is 38.2 Å². The van der Waals surface area contributed by atoms with Gasteiger partial charge in [0.15, 0.2) is 0 Å². The molecule has 4 N–H and O–H groups in total. The van der Waals surface area contributed by atoms with E-state index >= 15 is 0 Å². The van der Waals surface area contributed by atoms with Crippen LogP contribution >= 0.6 is 0 Å². The molecule has 1 unspecified atom stereocenters. The summed E-state index contributed by atoms with van der Waals surface area (Å²) in [5.41, 5.74) is 6.60. The van der Waals surface area contributed by atoms with Crippen LogP contribution < -0.4 is 16.4 Å². The normalized spacial score (nSPS) is 17.8. The van der Waals surface area contributed by atoms with Gasteiger partial charge in [-0.25, -0.2) is 0 Å². The SMILES string of the molecule is CC(C)(CC(N)=O)NC(=O)C1CCNc2ccccc21. The highest BCUT2D eigenvalue weighted by Gasteiger charge is 2.30. The molecule has 1 aliphatic heterocycles. The van der Waals surface area contributed by atoms with E-state index < -0.39 is 11.4 Å². The Bertz CT molecular complexity index is 526. The number of hydrogen-bond acceptors (Lipinski definition) is 3. The summed E-state index contributed by atoms with van der Waals surface area (Å²) in [6.45, 7) is 4.39. The van der Waals surface area contributed by atoms with Gasteiger partial charge in [0.25, 0.3) is 0 Å². The fourth-order valence-electron chi connectivity index (χ4n) is 2.64. The predicted molar refractivity (Wildman–Crippen MR) is 78.3 cm³/mol. The minimum absolute atomic E-state index is 0.0507. The van der Waals surface area contributed by atoms with Crippen LogP contribution in [0.15, 0.2) is 24.3 Å². The van der Waals surface area contributed by atoms with Crippen molar-refractivity contribution in [2.45, 2.75) is 38.1 Å². The number of carbonyl (C=O) groups excluding carboxylic acids is 2. The van der Waals surface area contributed by atoms with Crippen molar-refractivity contribution < 1.29 is 9.59 Å². The standard InChI is InChI=1S/C15H21N3O2/c1-15(2,9-13(16)19)18-14(20)11-7-8-17-12-6-4-3-5-10(11)12/h3-6,11,17H,7-9H2,1-2H3,(H2,16,19)(H,18,20). The summed E-state index contributed by atoms with van der Waals surface area (Å²) in [5.74, 6) is -0.647. The lowest BCUT2D eigenvalue weighted by atomic mass is 9.89. The molecule has 0 radical (unpaired) electrons. The molecule has 20 heavy (non-hydrogen) atoms. The van der Waals surface area contributed by atoms with Gasteiger partial charge in [-0.3, -0.25) is 9.59 Å². The number of nitrogens with two attached hydrogens (primary N) is 1. The summed E-state index contributed by atoms with van der Waals surface area (Å²) >= 11 is 0. The minimum atomic E-state index is -0.622. The van der Waals surface area contributed by atoms with Crippen LogP contribution in [-0.4, -0.2) is 23.9 Å². The molecule has 1 aromatic carbocycles. The Morgan fingerprint density at radius 2 is 2.10 bits per heavy atom. The lowest BCUT2D eigenvalue weighted by Crippen LogP contribution is -2.48. The molecular weight excluding hydrogens is 254 g/mol. The maximum absolute atomic E-state index is 12.5. The molecule has 0 fully saturated rings. The number of hydrogen-bond donors (Lipinski definition) is 3. The first-order valence-corrected chi connectivity index (χ1v) is 6.82. The van der Waals surface area contributed by atoms with E-state index in [1.807, 2.05) is 38.1 Å². The molecular formula is C15H21N3O2. The molecule has 0 aromatic heterocycles. The first-order chi connectivity index (χ1) is 9.39. The topological polar surface area (TPSA) is 84.2 Å². The fourth-order valence-corrected chi connectivity index (χ4v) is 2.64. The van der Waals surface area contributed by atoms with Crippen LogP contribution in [0.5, 0.6) is 0 Å². The molecule has 1 aromatic rings. The van der Waals surface area contributed by atoms with E-state index in [-0.39, 0.29) is 18.2 Å². The second-order valence-corrected chi connectivity index (χ2v) is 5.87. The van der Waals surface area contributed by atoms with Crippen molar-refractivity contribution in [2.24, 2.45) is 5.73 Å². The van der Waals surface area contributed by atoms with Gasteiger partial charge < -0.3 is 16.4 Å². The predicted octanol–water partition coefficient (Wildman–Crippen LogP) is 1.36. The fraction of sp³-hybridized carbons (Fsp3) is 0.467. The number of amides is 2. The van der Waals surface area contributed by atoms with Crippen LogP contribution in [0.2, 0.25) is 0 Å². The van der Waals surface area contributed by atoms with E-state index in [1.165, 1.54) is 0 Å². The molecule has 108 valence electrons. The first-order valence-electron chi connectivity index (χ1n) is 6.82. The lowest BCUT2D eigenvalue weighted by Gasteiger charge is -2.31. The van der Waals surface area contributed by atoms with Crippen LogP contribution in [0.3, 0.4) is 0 Å². The quantitative estimate of drug-likeness (QED) is 0.775. The second kappa shape index (κ2) is 5.53. The van der Waals surface area contributed by atoms with Gasteiger partial charge in [-0.2, -0.15) is 0 Å². The summed E-state index contributed by atoms with van der Waals surface area (Å²) in [4.78, 5) is 23.5. The van der Waals surface area contributed by atoms with Gasteiger partial charge in [0, 0.05) is 24.2 Å². The zero-order valence-corrected chi connectivity index (χ0v) is 11.9. The average Bonchev–Trinajstić information content (AvgIpc) is 2.35. The van der Waals surface area contributed by atoms with E-state index in [1.54, 1.807) is 0 Å². The molecule has 0 saturated carbocycles. The number of benzene rings is 1. The van der Waals surface area contributed by atoms with E-state index in [2.05, 4.69) is 10.6 Å². The van der Waals surface area contributed by atoms with Crippen molar-refractivity contribution in [3.63, 3.8) is 0 Å². The van der Waals surface area contributed by atoms with Crippen molar-refractivity contribution in [1.82, 2.24) is 5.32 Å². The van der Waals surface area contributed by atoms with Crippen molar-refractivity contribution >= 4 is 17.5 Å². The van der Waals surface area contributed by atoms with Crippen molar-refractivity contribution in [3.8, 4) is 0 Å². The van der Waals surface area contributed by atoms with Gasteiger partial charge in [-0.1, -0.05) is 18.2 Å². The molecule has 2 rings (SSSR count). The number of carbonyl (C=O) groups is 2. The Hall–Kier alpha value is -2.04. The van der Waals surface area contributed by atoms with Crippen molar-refractivity contribution in [3.05, 3.63) is 29.8 Å². The number of anilines is 1. The van der Waals surface area contributed by atoms with E-state index in [0.717, 1.165) is 24.2 Å². The van der Waals surface area contributed by atoms with E-state index in [4.69, 9.17) is 5.73 Å². The third-order valence-electron chi connectivity index (χ3n) is 3.48. The van der Waals surface area contributed by atoms with E-state index in [9.17, 15) is 9.59 Å². The Morgan fingerprint density at radius 3 is 2.80 bits per heavy atom. The summed E-state index contributed by atoms with van der Waals surface area (Å²) < 4.78 is 0. The second-order valence-electron chi connectivity index (χ2n) is 5.87. The highest BCUT2D eigenvalue weighted by molar-refractivity contribution is 5.87. The zero-order chi connectivity index (χ0) is 14.8. The Balaban J connectivity index is 2.13. The molecule has 2 amide bonds. The Labute approximate surface area is 118 Å². The molecule has 0 aliphatic carbocycles. The number of para-hydroxylation sites is 1. The number of rotatable bonds is 4. The van der Waals surface area contributed by atoms with Crippen LogP contribution in [0, 0.1) is 0 Å². The van der Waals surface area contributed by atoms with Gasteiger partial charge in [0.1, 0.15) is 0 Å². The van der Waals surface area contributed by atoms with Crippen LogP contribution in [0.25, 0.3) is 0 Å². The lowest BCUT2D eigenvalue weighted by molar-refractivity contribution is -0.125. The smallest absolute Gasteiger partial charge is 0.228 e. The number of primary amides is 1. The van der Waals surface area contributed by atoms with Crippen molar-refractivity contribution in [1.29, 1.82) is 0 Å². The molecule has 5 heteroatoms. The molecule has 0 spiro atoms. The van der Waals surface area contributed by atoms with Gasteiger partial charge in [0.2, 0.25) is 11.8 Å². The van der Waals surface area contributed by atoms with Crippen molar-refractivity contribution in [2.75, 3.05) is 11.9 Å². The third-order valence-corrected chi connectivity index (χ3v) is 3.48. The molecule has 5 nitrogen and oxygen atoms in total. The highest BCUT2D eigenvalue weighted by atomic mass is 16.2. The maximum Gasteiger partial charge on any atom is 0.228 e. The molecule has 1 atom stereocenters. The van der Waals surface area contributed by atoms with Gasteiger partial charge in [-0.05, 0) is 31.9 Å². The summed E-state index contributed by atoms with van der Waals surface area (Å²) in [5, 5.41) is 6.22. The van der Waals surface area contributed by atoms with E-state index in [0.29, 0.717) is 0 Å². The molecule has 0 saturated heterocycles. The van der Waals surface area contributed by atoms with Gasteiger partial charge >= 0.3 is 0 Å². The largest absolute Gasteiger partial charge is 0.385 e. The summed E-state index contributed by atoms with van der Waals surface area (Å²) in [7, 11) is 0. The number of nitrogens with one attached hydrogen (secondary N) is 2. The monoisotopic (exact) mass is 275 g/mol. The number of fused-ring (bicyclic) bond motifs is 1. The summed E-state index contributed by atoms with van der Waals surface area (Å²) in [6.07, 6.45) is 0.876. The minimum Gasteiger partial charge on any atom is -0.385 e. The average molecular weight is 275 g/mol. The van der Waals surface area contributed by atoms with Crippen LogP contribution in [-0.2, 0) is 9.59 Å². The van der Waals surface area contributed by atoms with Crippen LogP contribution in [0.4, 0.5) is 5.69 Å². The maximum atomic E-state index is 12.5. The Kier molecular flexibility index (Phi) is 3.97. The molecule has 0 bridgehead atoms. The van der Waals surface area contributed by atoms with Gasteiger partial charge in [-0.15, -0.1) is 0 Å². The Morgan fingerprint density at radius 1 is 1.40 bits per heavy atom. The zero-order valence-electron chi connectivity index (χ0n) is 11.9. The molecule has 1 aliphatic rings. The summed E-state index contributed by atoms with van der Waals surface area (Å²) in [6, 6.07) is 7.82. The third kappa shape index (κ3) is 3.29. The van der Waals surface area contributed by atoms with Gasteiger partial charge in [0.05, 0.1) is 5.92 Å². The molecule has 1 heterocycles. The highest BCUT2D eigenvalue weighted by Crippen LogP contribution is 2.31.